The zero-order chi connectivity index (χ0) is 13.1. The zero-order valence-electron chi connectivity index (χ0n) is 11.8. The molecule has 96 valence electrons. The average Bonchev–Trinajstić information content (AvgIpc) is 2.29. The second-order valence-electron chi connectivity index (χ2n) is 5.95. The first-order valence-corrected chi connectivity index (χ1v) is 6.78. The Morgan fingerprint density at radius 2 is 2.12 bits per heavy atom. The fraction of sp³-hybridized carbons (Fsp3) is 0.750. The highest BCUT2D eigenvalue weighted by Gasteiger charge is 2.36. The summed E-state index contributed by atoms with van der Waals surface area (Å²) in [5, 5.41) is 10.7. The van der Waals surface area contributed by atoms with E-state index < -0.39 is 5.60 Å². The standard InChI is InChI=1S/C16H26O/c1-6-8-12-16(17,7-2)14-10-9-11-15(4,5)13(14)3/h2,17H,6,8-12H2,1,3-5H3. The maximum atomic E-state index is 10.7. The van der Waals surface area contributed by atoms with Gasteiger partial charge in [0.1, 0.15) is 5.60 Å². The number of hydrogen-bond acceptors (Lipinski definition) is 1. The first-order chi connectivity index (χ1) is 7.87. The predicted molar refractivity (Wildman–Crippen MR) is 73.6 cm³/mol. The van der Waals surface area contributed by atoms with Crippen molar-refractivity contribution in [3.63, 3.8) is 0 Å². The molecule has 0 radical (unpaired) electrons. The minimum atomic E-state index is -1.00. The number of allylic oxidation sites excluding steroid dienone is 1. The Morgan fingerprint density at radius 3 is 2.65 bits per heavy atom. The molecule has 0 spiro atoms. The normalized spacial score (nSPS) is 23.1. The summed E-state index contributed by atoms with van der Waals surface area (Å²) >= 11 is 0. The Labute approximate surface area is 106 Å². The van der Waals surface area contributed by atoms with Gasteiger partial charge in [-0.25, -0.2) is 0 Å². The van der Waals surface area contributed by atoms with E-state index in [1.807, 2.05) is 0 Å². The molecule has 1 atom stereocenters. The second kappa shape index (κ2) is 5.27. The van der Waals surface area contributed by atoms with Crippen molar-refractivity contribution in [1.29, 1.82) is 0 Å². The third kappa shape index (κ3) is 2.93. The van der Waals surface area contributed by atoms with Gasteiger partial charge in [-0.2, -0.15) is 0 Å². The number of aliphatic hydroxyl groups is 1. The van der Waals surface area contributed by atoms with Gasteiger partial charge in [0.05, 0.1) is 0 Å². The molecule has 1 unspecified atom stereocenters. The van der Waals surface area contributed by atoms with E-state index in [-0.39, 0.29) is 5.41 Å². The summed E-state index contributed by atoms with van der Waals surface area (Å²) in [5.41, 5.74) is 1.60. The topological polar surface area (TPSA) is 20.2 Å². The Kier molecular flexibility index (Phi) is 4.44. The van der Waals surface area contributed by atoms with Crippen molar-refractivity contribution in [2.45, 2.75) is 71.8 Å². The molecule has 0 aromatic carbocycles. The van der Waals surface area contributed by atoms with Gasteiger partial charge in [-0.05, 0) is 50.0 Å². The van der Waals surface area contributed by atoms with E-state index >= 15 is 0 Å². The maximum absolute atomic E-state index is 10.7. The molecule has 1 aliphatic carbocycles. The lowest BCUT2D eigenvalue weighted by atomic mass is 9.68. The molecule has 1 N–H and O–H groups in total. The summed E-state index contributed by atoms with van der Waals surface area (Å²) in [6.45, 7) is 8.77. The van der Waals surface area contributed by atoms with Crippen molar-refractivity contribution in [2.24, 2.45) is 5.41 Å². The highest BCUT2D eigenvalue weighted by molar-refractivity contribution is 5.36. The maximum Gasteiger partial charge on any atom is 0.146 e. The van der Waals surface area contributed by atoms with E-state index in [1.54, 1.807) is 0 Å². The lowest BCUT2D eigenvalue weighted by molar-refractivity contribution is 0.115. The molecule has 0 aromatic rings. The molecule has 0 amide bonds. The monoisotopic (exact) mass is 234 g/mol. The molecule has 1 rings (SSSR count). The van der Waals surface area contributed by atoms with Crippen LogP contribution in [0, 0.1) is 17.8 Å². The van der Waals surface area contributed by atoms with Gasteiger partial charge in [-0.1, -0.05) is 38.7 Å². The van der Waals surface area contributed by atoms with Gasteiger partial charge in [-0.15, -0.1) is 6.42 Å². The second-order valence-corrected chi connectivity index (χ2v) is 5.95. The SMILES string of the molecule is C#CC(O)(CCCC)C1=C(C)C(C)(C)CCC1. The Hall–Kier alpha value is -0.740. The van der Waals surface area contributed by atoms with E-state index in [4.69, 9.17) is 6.42 Å². The summed E-state index contributed by atoms with van der Waals surface area (Å²) in [5.74, 6) is 2.65. The van der Waals surface area contributed by atoms with E-state index in [2.05, 4.69) is 33.6 Å². The molecule has 0 aromatic heterocycles. The van der Waals surface area contributed by atoms with Gasteiger partial charge in [0.25, 0.3) is 0 Å². The van der Waals surface area contributed by atoms with Crippen molar-refractivity contribution in [1.82, 2.24) is 0 Å². The van der Waals surface area contributed by atoms with Crippen molar-refractivity contribution >= 4 is 0 Å². The van der Waals surface area contributed by atoms with Crippen LogP contribution in [0.25, 0.3) is 0 Å². The summed E-state index contributed by atoms with van der Waals surface area (Å²) in [4.78, 5) is 0. The summed E-state index contributed by atoms with van der Waals surface area (Å²) in [7, 11) is 0. The molecule has 0 bridgehead atoms. The molecule has 0 saturated heterocycles. The lowest BCUT2D eigenvalue weighted by Crippen LogP contribution is -2.34. The van der Waals surface area contributed by atoms with Gasteiger partial charge >= 0.3 is 0 Å². The molecular formula is C16H26O. The lowest BCUT2D eigenvalue weighted by Gasteiger charge is -2.38. The largest absolute Gasteiger partial charge is 0.374 e. The number of unbranched alkanes of at least 4 members (excludes halogenated alkanes) is 1. The van der Waals surface area contributed by atoms with Crippen LogP contribution >= 0.6 is 0 Å². The van der Waals surface area contributed by atoms with Crippen LogP contribution in [-0.2, 0) is 0 Å². The third-order valence-electron chi connectivity index (χ3n) is 4.33. The fourth-order valence-electron chi connectivity index (χ4n) is 2.75. The van der Waals surface area contributed by atoms with Gasteiger partial charge in [-0.3, -0.25) is 0 Å². The molecule has 0 saturated carbocycles. The summed E-state index contributed by atoms with van der Waals surface area (Å²) < 4.78 is 0. The molecule has 1 heteroatoms. The van der Waals surface area contributed by atoms with E-state index in [0.717, 1.165) is 31.3 Å². The molecule has 1 nitrogen and oxygen atoms in total. The minimum absolute atomic E-state index is 0.185. The molecule has 0 aliphatic heterocycles. The highest BCUT2D eigenvalue weighted by atomic mass is 16.3. The van der Waals surface area contributed by atoms with Crippen LogP contribution in [0.1, 0.15) is 66.2 Å². The molecular weight excluding hydrogens is 208 g/mol. The van der Waals surface area contributed by atoms with E-state index in [9.17, 15) is 5.11 Å². The van der Waals surface area contributed by atoms with Crippen LogP contribution in [0.2, 0.25) is 0 Å². The Balaban J connectivity index is 3.07. The van der Waals surface area contributed by atoms with Crippen LogP contribution in [0.4, 0.5) is 0 Å². The minimum Gasteiger partial charge on any atom is -0.374 e. The Bertz CT molecular complexity index is 343. The van der Waals surface area contributed by atoms with Gasteiger partial charge in [0.15, 0.2) is 0 Å². The van der Waals surface area contributed by atoms with Crippen LogP contribution in [0.3, 0.4) is 0 Å². The fourth-order valence-corrected chi connectivity index (χ4v) is 2.75. The average molecular weight is 234 g/mol. The first kappa shape index (κ1) is 14.3. The van der Waals surface area contributed by atoms with Crippen molar-refractivity contribution in [2.75, 3.05) is 0 Å². The highest BCUT2D eigenvalue weighted by Crippen LogP contribution is 2.44. The number of terminal acetylenes is 1. The van der Waals surface area contributed by atoms with Crippen LogP contribution < -0.4 is 0 Å². The van der Waals surface area contributed by atoms with Gasteiger partial charge < -0.3 is 5.11 Å². The van der Waals surface area contributed by atoms with Crippen LogP contribution in [-0.4, -0.2) is 10.7 Å². The first-order valence-electron chi connectivity index (χ1n) is 6.78. The zero-order valence-corrected chi connectivity index (χ0v) is 11.8. The molecule has 17 heavy (non-hydrogen) atoms. The van der Waals surface area contributed by atoms with Gasteiger partial charge in [0.2, 0.25) is 0 Å². The Morgan fingerprint density at radius 1 is 1.47 bits per heavy atom. The molecule has 0 heterocycles. The van der Waals surface area contributed by atoms with Crippen molar-refractivity contribution < 1.29 is 5.11 Å². The molecule has 0 fully saturated rings. The van der Waals surface area contributed by atoms with Crippen LogP contribution in [0.15, 0.2) is 11.1 Å². The van der Waals surface area contributed by atoms with Crippen LogP contribution in [0.5, 0.6) is 0 Å². The number of hydrogen-bond donors (Lipinski definition) is 1. The van der Waals surface area contributed by atoms with Crippen molar-refractivity contribution in [3.05, 3.63) is 11.1 Å². The summed E-state index contributed by atoms with van der Waals surface area (Å²) in [6.07, 6.45) is 11.6. The quantitative estimate of drug-likeness (QED) is 0.574. The van der Waals surface area contributed by atoms with Gasteiger partial charge in [0, 0.05) is 0 Å². The number of rotatable bonds is 4. The molecule has 1 aliphatic rings. The van der Waals surface area contributed by atoms with E-state index in [0.29, 0.717) is 6.42 Å². The smallest absolute Gasteiger partial charge is 0.146 e. The van der Waals surface area contributed by atoms with E-state index in [1.165, 1.54) is 12.0 Å². The summed E-state index contributed by atoms with van der Waals surface area (Å²) in [6, 6.07) is 0. The van der Waals surface area contributed by atoms with Crippen molar-refractivity contribution in [3.8, 4) is 12.3 Å². The third-order valence-corrected chi connectivity index (χ3v) is 4.33. The predicted octanol–water partition coefficient (Wildman–Crippen LogP) is 4.07.